The van der Waals surface area contributed by atoms with Crippen molar-refractivity contribution >= 4 is 22.6 Å². The second kappa shape index (κ2) is 7.90. The Morgan fingerprint density at radius 3 is 2.69 bits per heavy atom. The van der Waals surface area contributed by atoms with Gasteiger partial charge in [-0.05, 0) is 13.0 Å². The van der Waals surface area contributed by atoms with Crippen molar-refractivity contribution in [2.24, 2.45) is 0 Å². The summed E-state index contributed by atoms with van der Waals surface area (Å²) >= 11 is 0. The van der Waals surface area contributed by atoms with Crippen LogP contribution in [-0.2, 0) is 4.79 Å². The molecule has 1 N–H and O–H groups in total. The number of rotatable bonds is 5. The number of benzene rings is 1. The molecule has 0 bridgehead atoms. The van der Waals surface area contributed by atoms with E-state index in [-0.39, 0.29) is 12.1 Å². The van der Waals surface area contributed by atoms with E-state index in [1.54, 1.807) is 17.2 Å². The molecule has 1 saturated heterocycles. The molecule has 2 aromatic heterocycles. The summed E-state index contributed by atoms with van der Waals surface area (Å²) in [4.78, 5) is 38.6. The minimum atomic E-state index is -0.472. The van der Waals surface area contributed by atoms with E-state index in [4.69, 9.17) is 9.47 Å². The fraction of sp³-hybridized carbons (Fsp3) is 0.333. The van der Waals surface area contributed by atoms with Crippen molar-refractivity contribution in [1.29, 1.82) is 0 Å². The van der Waals surface area contributed by atoms with Crippen LogP contribution in [-0.4, -0.2) is 57.8 Å². The normalized spacial score (nSPS) is 14.8. The van der Waals surface area contributed by atoms with Crippen LogP contribution in [0.5, 0.6) is 11.9 Å². The van der Waals surface area contributed by atoms with Crippen molar-refractivity contribution in [2.45, 2.75) is 25.9 Å². The van der Waals surface area contributed by atoms with Gasteiger partial charge in [-0.2, -0.15) is 4.98 Å². The highest BCUT2D eigenvalue weighted by atomic mass is 16.5. The number of methoxy groups -OCH3 is 1. The van der Waals surface area contributed by atoms with Crippen LogP contribution < -0.4 is 9.47 Å². The van der Waals surface area contributed by atoms with Gasteiger partial charge in [0.05, 0.1) is 12.7 Å². The van der Waals surface area contributed by atoms with E-state index < -0.39 is 11.7 Å². The summed E-state index contributed by atoms with van der Waals surface area (Å²) in [5.41, 5.74) is 2.02. The summed E-state index contributed by atoms with van der Waals surface area (Å²) in [5.74, 6) is -0.507. The molecule has 3 heterocycles. The monoisotopic (exact) mass is 394 g/mol. The van der Waals surface area contributed by atoms with E-state index in [9.17, 15) is 9.59 Å². The fourth-order valence-corrected chi connectivity index (χ4v) is 3.66. The number of hydrogen-bond acceptors (Lipinski definition) is 6. The van der Waals surface area contributed by atoms with Crippen LogP contribution in [0.25, 0.3) is 10.9 Å². The van der Waals surface area contributed by atoms with E-state index in [1.807, 2.05) is 31.2 Å². The molecule has 1 aliphatic heterocycles. The Labute approximate surface area is 167 Å². The molecule has 0 radical (unpaired) electrons. The molecule has 1 fully saturated rings. The first kappa shape index (κ1) is 18.9. The van der Waals surface area contributed by atoms with Gasteiger partial charge < -0.3 is 19.4 Å². The maximum atomic E-state index is 12.9. The third-order valence-corrected chi connectivity index (χ3v) is 5.12. The number of carbonyl (C=O) groups is 2. The van der Waals surface area contributed by atoms with Gasteiger partial charge in [0.1, 0.15) is 6.10 Å². The lowest BCUT2D eigenvalue weighted by molar-refractivity contribution is -0.128. The smallest absolute Gasteiger partial charge is 0.319 e. The summed E-state index contributed by atoms with van der Waals surface area (Å²) < 4.78 is 10.9. The number of aromatic amines is 1. The third-order valence-electron chi connectivity index (χ3n) is 5.12. The van der Waals surface area contributed by atoms with Crippen molar-refractivity contribution in [3.8, 4) is 11.9 Å². The molecule has 0 saturated carbocycles. The van der Waals surface area contributed by atoms with Crippen LogP contribution in [0.15, 0.2) is 36.5 Å². The fourth-order valence-electron chi connectivity index (χ4n) is 3.66. The average molecular weight is 394 g/mol. The average Bonchev–Trinajstić information content (AvgIpc) is 3.09. The molecule has 0 atom stereocenters. The SMILES string of the molecule is COc1nccc(OC2CCN(C(=O)C(=O)c3c(C)[nH]c4ccccc34)CC2)n1. The standard InChI is InChI=1S/C21H22N4O4/c1-13-18(15-5-3-4-6-16(15)23-13)19(26)20(27)25-11-8-14(9-12-25)29-17-7-10-22-21(24-17)28-2/h3-7,10,14,23H,8-9,11-12H2,1-2H3. The highest BCUT2D eigenvalue weighted by Crippen LogP contribution is 2.24. The zero-order valence-electron chi connectivity index (χ0n) is 16.3. The predicted molar refractivity (Wildman–Crippen MR) is 106 cm³/mol. The number of likely N-dealkylation sites (tertiary alicyclic amines) is 1. The summed E-state index contributed by atoms with van der Waals surface area (Å²) in [5, 5.41) is 0.777. The largest absolute Gasteiger partial charge is 0.474 e. The summed E-state index contributed by atoms with van der Waals surface area (Å²) in [6.07, 6.45) is 2.74. The van der Waals surface area contributed by atoms with Crippen molar-refractivity contribution in [3.63, 3.8) is 0 Å². The third kappa shape index (κ3) is 3.78. The lowest BCUT2D eigenvalue weighted by Gasteiger charge is -2.31. The van der Waals surface area contributed by atoms with E-state index in [1.165, 1.54) is 7.11 Å². The molecule has 29 heavy (non-hydrogen) atoms. The van der Waals surface area contributed by atoms with Crippen LogP contribution in [0.1, 0.15) is 28.9 Å². The van der Waals surface area contributed by atoms with Crippen molar-refractivity contribution in [1.82, 2.24) is 19.9 Å². The number of nitrogens with zero attached hydrogens (tertiary/aromatic N) is 3. The summed E-state index contributed by atoms with van der Waals surface area (Å²) in [7, 11) is 1.50. The molecule has 8 heteroatoms. The Morgan fingerprint density at radius 2 is 1.93 bits per heavy atom. The number of carbonyl (C=O) groups excluding carboxylic acids is 2. The van der Waals surface area contributed by atoms with Crippen LogP contribution >= 0.6 is 0 Å². The second-order valence-corrected chi connectivity index (χ2v) is 6.99. The van der Waals surface area contributed by atoms with Gasteiger partial charge in [0, 0.05) is 54.8 Å². The molecule has 0 aliphatic carbocycles. The molecule has 1 aliphatic rings. The molecule has 150 valence electrons. The number of ketones is 1. The van der Waals surface area contributed by atoms with Gasteiger partial charge in [-0.3, -0.25) is 9.59 Å². The van der Waals surface area contributed by atoms with Gasteiger partial charge in [0.15, 0.2) is 0 Å². The van der Waals surface area contributed by atoms with E-state index in [0.717, 1.165) is 10.9 Å². The Bertz CT molecular complexity index is 1050. The van der Waals surface area contributed by atoms with E-state index in [0.29, 0.717) is 43.1 Å². The van der Waals surface area contributed by atoms with Gasteiger partial charge in [-0.15, -0.1) is 0 Å². The quantitative estimate of drug-likeness (QED) is 0.528. The van der Waals surface area contributed by atoms with Crippen LogP contribution in [0.2, 0.25) is 0 Å². The molecule has 0 spiro atoms. The molecule has 8 nitrogen and oxygen atoms in total. The highest BCUT2D eigenvalue weighted by Gasteiger charge is 2.30. The van der Waals surface area contributed by atoms with Crippen LogP contribution in [0, 0.1) is 6.92 Å². The molecule has 1 aromatic carbocycles. The number of H-pyrrole nitrogens is 1. The zero-order valence-corrected chi connectivity index (χ0v) is 16.3. The first-order valence-corrected chi connectivity index (χ1v) is 9.51. The lowest BCUT2D eigenvalue weighted by Crippen LogP contribution is -2.44. The number of nitrogens with one attached hydrogen (secondary N) is 1. The molecule has 1 amide bonds. The number of para-hydroxylation sites is 1. The highest BCUT2D eigenvalue weighted by molar-refractivity contribution is 6.45. The van der Waals surface area contributed by atoms with Gasteiger partial charge in [-0.25, -0.2) is 4.98 Å². The van der Waals surface area contributed by atoms with E-state index >= 15 is 0 Å². The van der Waals surface area contributed by atoms with E-state index in [2.05, 4.69) is 15.0 Å². The zero-order chi connectivity index (χ0) is 20.4. The van der Waals surface area contributed by atoms with Gasteiger partial charge in [-0.1, -0.05) is 18.2 Å². The minimum Gasteiger partial charge on any atom is -0.474 e. The maximum Gasteiger partial charge on any atom is 0.319 e. The molecule has 0 unspecified atom stereocenters. The number of hydrogen-bond donors (Lipinski definition) is 1. The van der Waals surface area contributed by atoms with Crippen LogP contribution in [0.4, 0.5) is 0 Å². The Morgan fingerprint density at radius 1 is 1.17 bits per heavy atom. The minimum absolute atomic E-state index is 0.0800. The molecular formula is C21H22N4O4. The second-order valence-electron chi connectivity index (χ2n) is 6.99. The Kier molecular flexibility index (Phi) is 5.16. The van der Waals surface area contributed by atoms with Gasteiger partial charge in [0.2, 0.25) is 5.88 Å². The van der Waals surface area contributed by atoms with Crippen molar-refractivity contribution < 1.29 is 19.1 Å². The van der Waals surface area contributed by atoms with Gasteiger partial charge >= 0.3 is 6.01 Å². The Hall–Kier alpha value is -3.42. The van der Waals surface area contributed by atoms with Crippen LogP contribution in [0.3, 0.4) is 0 Å². The number of piperidine rings is 1. The first-order chi connectivity index (χ1) is 14.1. The maximum absolute atomic E-state index is 12.9. The predicted octanol–water partition coefficient (Wildman–Crippen LogP) is 2.53. The number of aryl methyl sites for hydroxylation is 1. The Balaban J connectivity index is 1.41. The number of fused-ring (bicyclic) bond motifs is 1. The topological polar surface area (TPSA) is 97.4 Å². The van der Waals surface area contributed by atoms with Crippen molar-refractivity contribution in [3.05, 3.63) is 47.8 Å². The molecular weight excluding hydrogens is 372 g/mol. The number of ether oxygens (including phenoxy) is 2. The number of aromatic nitrogens is 3. The number of Topliss-reactive ketones (excluding diaryl/α,β-unsaturated/α-hetero) is 1. The molecule has 4 rings (SSSR count). The van der Waals surface area contributed by atoms with Crippen molar-refractivity contribution in [2.75, 3.05) is 20.2 Å². The summed E-state index contributed by atoms with van der Waals surface area (Å²) in [6, 6.07) is 9.43. The number of amides is 1. The molecule has 3 aromatic rings. The van der Waals surface area contributed by atoms with Gasteiger partial charge in [0.25, 0.3) is 11.7 Å². The first-order valence-electron chi connectivity index (χ1n) is 9.51. The summed E-state index contributed by atoms with van der Waals surface area (Å²) in [6.45, 7) is 2.73. The lowest BCUT2D eigenvalue weighted by atomic mass is 10.0.